The summed E-state index contributed by atoms with van der Waals surface area (Å²) in [5.41, 5.74) is 0.469. The smallest absolute Gasteiger partial charge is 0.406 e. The molecule has 0 fully saturated rings. The molecule has 1 aromatic rings. The van der Waals surface area contributed by atoms with E-state index in [1.165, 1.54) is 19.2 Å². The fraction of sp³-hybridized carbons (Fsp3) is 0.400. The average Bonchev–Trinajstić information content (AvgIpc) is 2.16. The third-order valence-electron chi connectivity index (χ3n) is 1.82. The number of hydrogen-bond donors (Lipinski definition) is 1. The molecule has 1 rings (SSSR count). The van der Waals surface area contributed by atoms with Crippen LogP contribution in [0.1, 0.15) is 11.7 Å². The molecule has 0 bridgehead atoms. The number of benzene rings is 1. The van der Waals surface area contributed by atoms with E-state index in [2.05, 4.69) is 4.74 Å². The molecular formula is C10H11F3O3. The number of ether oxygens (including phenoxy) is 2. The first-order valence-electron chi connectivity index (χ1n) is 4.45. The molecular weight excluding hydrogens is 225 g/mol. The van der Waals surface area contributed by atoms with E-state index in [0.29, 0.717) is 5.56 Å². The van der Waals surface area contributed by atoms with E-state index in [9.17, 15) is 18.3 Å². The first-order valence-corrected chi connectivity index (χ1v) is 4.45. The Bertz CT molecular complexity index is 321. The van der Waals surface area contributed by atoms with E-state index < -0.39 is 12.5 Å². The van der Waals surface area contributed by atoms with Gasteiger partial charge >= 0.3 is 6.36 Å². The number of aliphatic hydroxyl groups is 1. The second-order valence-electron chi connectivity index (χ2n) is 3.09. The van der Waals surface area contributed by atoms with Gasteiger partial charge in [0.2, 0.25) is 0 Å². The van der Waals surface area contributed by atoms with Crippen molar-refractivity contribution in [1.82, 2.24) is 0 Å². The van der Waals surface area contributed by atoms with Crippen LogP contribution in [0.5, 0.6) is 5.75 Å². The zero-order valence-electron chi connectivity index (χ0n) is 8.49. The minimum absolute atomic E-state index is 0.0828. The summed E-state index contributed by atoms with van der Waals surface area (Å²) in [6.45, 7) is 0.0828. The molecule has 0 saturated carbocycles. The lowest BCUT2D eigenvalue weighted by atomic mass is 10.1. The molecule has 16 heavy (non-hydrogen) atoms. The Morgan fingerprint density at radius 3 is 2.25 bits per heavy atom. The van der Waals surface area contributed by atoms with E-state index in [1.807, 2.05) is 0 Å². The molecule has 0 amide bonds. The standard InChI is InChI=1S/C10H11F3O3/c1-15-6-9(14)7-2-4-8(5-3-7)16-10(11,12)13/h2-5,9,14H,6H2,1H3/t9-/m1/s1. The molecule has 1 aromatic carbocycles. The number of aliphatic hydroxyl groups excluding tert-OH is 1. The maximum Gasteiger partial charge on any atom is 0.573 e. The van der Waals surface area contributed by atoms with E-state index in [4.69, 9.17) is 4.74 Å². The van der Waals surface area contributed by atoms with E-state index in [0.717, 1.165) is 12.1 Å². The van der Waals surface area contributed by atoms with Gasteiger partial charge in [0.15, 0.2) is 0 Å². The summed E-state index contributed by atoms with van der Waals surface area (Å²) in [5.74, 6) is -0.319. The topological polar surface area (TPSA) is 38.7 Å². The van der Waals surface area contributed by atoms with Crippen molar-refractivity contribution in [3.05, 3.63) is 29.8 Å². The molecule has 1 N–H and O–H groups in total. The third kappa shape index (κ3) is 4.08. The fourth-order valence-corrected chi connectivity index (χ4v) is 1.15. The van der Waals surface area contributed by atoms with Crippen molar-refractivity contribution in [2.45, 2.75) is 12.5 Å². The molecule has 0 unspecified atom stereocenters. The number of halogens is 3. The van der Waals surface area contributed by atoms with Gasteiger partial charge in [-0.25, -0.2) is 0 Å². The van der Waals surface area contributed by atoms with Crippen molar-refractivity contribution < 1.29 is 27.8 Å². The molecule has 0 aliphatic carbocycles. The van der Waals surface area contributed by atoms with Gasteiger partial charge in [0.05, 0.1) is 6.61 Å². The Labute approximate surface area is 90.4 Å². The number of alkyl halides is 3. The molecule has 1 atom stereocenters. The van der Waals surface area contributed by atoms with Crippen molar-refractivity contribution in [2.24, 2.45) is 0 Å². The van der Waals surface area contributed by atoms with Gasteiger partial charge in [-0.3, -0.25) is 0 Å². The molecule has 0 spiro atoms. The monoisotopic (exact) mass is 236 g/mol. The van der Waals surface area contributed by atoms with Crippen molar-refractivity contribution >= 4 is 0 Å². The summed E-state index contributed by atoms with van der Waals surface area (Å²) in [6.07, 6.45) is -5.56. The van der Waals surface area contributed by atoms with Gasteiger partial charge in [0.25, 0.3) is 0 Å². The predicted molar refractivity (Wildman–Crippen MR) is 50.0 cm³/mol. The molecule has 3 nitrogen and oxygen atoms in total. The highest BCUT2D eigenvalue weighted by Crippen LogP contribution is 2.24. The van der Waals surface area contributed by atoms with Crippen LogP contribution < -0.4 is 4.74 Å². The molecule has 0 radical (unpaired) electrons. The van der Waals surface area contributed by atoms with Gasteiger partial charge in [-0.2, -0.15) is 0 Å². The van der Waals surface area contributed by atoms with Gasteiger partial charge < -0.3 is 14.6 Å². The van der Waals surface area contributed by atoms with Gasteiger partial charge in [-0.15, -0.1) is 13.2 Å². The number of rotatable bonds is 4. The molecule has 0 heterocycles. The second-order valence-corrected chi connectivity index (χ2v) is 3.09. The fourth-order valence-electron chi connectivity index (χ4n) is 1.15. The second kappa shape index (κ2) is 5.18. The van der Waals surface area contributed by atoms with Gasteiger partial charge in [-0.05, 0) is 17.7 Å². The number of hydrogen-bond acceptors (Lipinski definition) is 3. The van der Waals surface area contributed by atoms with Crippen LogP contribution >= 0.6 is 0 Å². The highest BCUT2D eigenvalue weighted by atomic mass is 19.4. The summed E-state index contributed by atoms with van der Waals surface area (Å²) >= 11 is 0. The summed E-state index contributed by atoms with van der Waals surface area (Å²) in [5, 5.41) is 9.46. The SMILES string of the molecule is COC[C@@H](O)c1ccc(OC(F)(F)F)cc1. The van der Waals surface area contributed by atoms with Crippen LogP contribution in [0.15, 0.2) is 24.3 Å². The highest BCUT2D eigenvalue weighted by Gasteiger charge is 2.30. The zero-order chi connectivity index (χ0) is 12.2. The van der Waals surface area contributed by atoms with Crippen LogP contribution in [0.25, 0.3) is 0 Å². The Kier molecular flexibility index (Phi) is 4.14. The van der Waals surface area contributed by atoms with Gasteiger partial charge in [0, 0.05) is 7.11 Å². The lowest BCUT2D eigenvalue weighted by Crippen LogP contribution is -2.17. The third-order valence-corrected chi connectivity index (χ3v) is 1.82. The van der Waals surface area contributed by atoms with Crippen LogP contribution in [0.2, 0.25) is 0 Å². The molecule has 6 heteroatoms. The summed E-state index contributed by atoms with van der Waals surface area (Å²) in [6, 6.07) is 4.99. The molecule has 0 aromatic heterocycles. The summed E-state index contributed by atoms with van der Waals surface area (Å²) in [7, 11) is 1.42. The lowest BCUT2D eigenvalue weighted by Gasteiger charge is -2.12. The molecule has 90 valence electrons. The minimum Gasteiger partial charge on any atom is -0.406 e. The molecule has 0 aliphatic heterocycles. The maximum atomic E-state index is 11.8. The summed E-state index contributed by atoms with van der Waals surface area (Å²) < 4.78 is 43.9. The minimum atomic E-state index is -4.70. The highest BCUT2D eigenvalue weighted by molar-refractivity contribution is 5.28. The van der Waals surface area contributed by atoms with E-state index >= 15 is 0 Å². The van der Waals surface area contributed by atoms with Crippen molar-refractivity contribution in [2.75, 3.05) is 13.7 Å². The Hall–Kier alpha value is -1.27. The van der Waals surface area contributed by atoms with Gasteiger partial charge in [-0.1, -0.05) is 12.1 Å². The maximum absolute atomic E-state index is 11.8. The first-order chi connectivity index (χ1) is 7.42. The van der Waals surface area contributed by atoms with Crippen LogP contribution in [0, 0.1) is 0 Å². The largest absolute Gasteiger partial charge is 0.573 e. The zero-order valence-corrected chi connectivity index (χ0v) is 8.49. The molecule has 0 aliphatic rings. The van der Waals surface area contributed by atoms with Crippen LogP contribution in [0.3, 0.4) is 0 Å². The van der Waals surface area contributed by atoms with Crippen LogP contribution in [0.4, 0.5) is 13.2 Å². The van der Waals surface area contributed by atoms with Crippen LogP contribution in [-0.2, 0) is 4.74 Å². The van der Waals surface area contributed by atoms with Crippen molar-refractivity contribution in [3.8, 4) is 5.75 Å². The Morgan fingerprint density at radius 2 is 1.81 bits per heavy atom. The van der Waals surface area contributed by atoms with Crippen molar-refractivity contribution in [1.29, 1.82) is 0 Å². The Balaban J connectivity index is 2.68. The lowest BCUT2D eigenvalue weighted by molar-refractivity contribution is -0.274. The van der Waals surface area contributed by atoms with Gasteiger partial charge in [0.1, 0.15) is 11.9 Å². The Morgan fingerprint density at radius 1 is 1.25 bits per heavy atom. The van der Waals surface area contributed by atoms with Crippen LogP contribution in [-0.4, -0.2) is 25.2 Å². The van der Waals surface area contributed by atoms with E-state index in [-0.39, 0.29) is 12.4 Å². The quantitative estimate of drug-likeness (QED) is 0.871. The molecule has 0 saturated heterocycles. The number of methoxy groups -OCH3 is 1. The van der Waals surface area contributed by atoms with E-state index in [1.54, 1.807) is 0 Å². The first kappa shape index (κ1) is 12.8. The van der Waals surface area contributed by atoms with Crippen molar-refractivity contribution in [3.63, 3.8) is 0 Å². The predicted octanol–water partition coefficient (Wildman–Crippen LogP) is 2.27. The summed E-state index contributed by atoms with van der Waals surface area (Å²) in [4.78, 5) is 0. The average molecular weight is 236 g/mol. The normalized spacial score (nSPS) is 13.6.